The first-order chi connectivity index (χ1) is 15.9. The van der Waals surface area contributed by atoms with Gasteiger partial charge in [-0.2, -0.15) is 25.1 Å². The summed E-state index contributed by atoms with van der Waals surface area (Å²) in [7, 11) is 0. The van der Waals surface area contributed by atoms with Crippen LogP contribution in [-0.2, 0) is 4.79 Å². The van der Waals surface area contributed by atoms with Crippen LogP contribution in [0.15, 0.2) is 0 Å². The van der Waals surface area contributed by atoms with Gasteiger partial charge in [-0.15, -0.1) is 0 Å². The van der Waals surface area contributed by atoms with Gasteiger partial charge in [0, 0.05) is 41.0 Å². The van der Waals surface area contributed by atoms with Gasteiger partial charge in [0.1, 0.15) is 12.6 Å². The van der Waals surface area contributed by atoms with Crippen molar-refractivity contribution in [2.24, 2.45) is 0 Å². The summed E-state index contributed by atoms with van der Waals surface area (Å²) < 4.78 is 6.18. The summed E-state index contributed by atoms with van der Waals surface area (Å²) in [5, 5.41) is 39.1. The average Bonchev–Trinajstić information content (AvgIpc) is 2.67. The fraction of sp³-hybridized carbons (Fsp3) is 0.826. The van der Waals surface area contributed by atoms with E-state index < -0.39 is 28.1 Å². The van der Waals surface area contributed by atoms with E-state index in [1.54, 1.807) is 0 Å². The lowest BCUT2D eigenvalue weighted by Gasteiger charge is -2.51. The summed E-state index contributed by atoms with van der Waals surface area (Å²) >= 11 is 0. The van der Waals surface area contributed by atoms with Gasteiger partial charge in [0.15, 0.2) is 0 Å². The molecule has 1 aromatic heterocycles. The van der Waals surface area contributed by atoms with Crippen LogP contribution in [0.25, 0.3) is 0 Å². The van der Waals surface area contributed by atoms with Crippen molar-refractivity contribution in [3.63, 3.8) is 0 Å². The Morgan fingerprint density at radius 3 is 1.80 bits per heavy atom. The number of hydrogen-bond acceptors (Lipinski definition) is 11. The van der Waals surface area contributed by atoms with Gasteiger partial charge in [0.25, 0.3) is 0 Å². The van der Waals surface area contributed by atoms with E-state index in [0.717, 1.165) is 0 Å². The molecule has 0 saturated carbocycles. The van der Waals surface area contributed by atoms with Crippen LogP contribution in [0.4, 0.5) is 11.9 Å². The number of ether oxygens (including phenoxy) is 1. The van der Waals surface area contributed by atoms with E-state index >= 15 is 0 Å². The molecule has 0 aromatic carbocycles. The number of carbonyl (C=O) groups is 1. The molecule has 3 heterocycles. The Kier molecular flexibility index (Phi) is 7.26. The van der Waals surface area contributed by atoms with Crippen LogP contribution in [0, 0.1) is 0 Å². The van der Waals surface area contributed by atoms with Gasteiger partial charge in [0.2, 0.25) is 11.9 Å². The molecule has 0 unspecified atom stereocenters. The van der Waals surface area contributed by atoms with Gasteiger partial charge in [-0.1, -0.05) is 0 Å². The first kappa shape index (κ1) is 27.3. The quantitative estimate of drug-likeness (QED) is 0.377. The molecule has 0 amide bonds. The molecule has 0 aliphatic carbocycles. The standard InChI is InChI=1S/C23H41N7O5/c1-20(2)9-14(10-21(3,4)29(20)33)25-18-26-17(24-13-16(31)32)27-19(28-18)35-15-11-22(5,6)30(34)23(7,8)12-15/h14-15,33-34H,9-13H2,1-8H3,(H,31,32)(H2,24,25,26,27,28). The Morgan fingerprint density at radius 1 is 0.857 bits per heavy atom. The van der Waals surface area contributed by atoms with E-state index in [1.165, 1.54) is 10.1 Å². The maximum atomic E-state index is 11.1. The second kappa shape index (κ2) is 9.30. The highest BCUT2D eigenvalue weighted by Gasteiger charge is 2.47. The number of nitrogens with one attached hydrogen (secondary N) is 2. The zero-order valence-corrected chi connectivity index (χ0v) is 22.1. The summed E-state index contributed by atoms with van der Waals surface area (Å²) in [6.07, 6.45) is 2.13. The SMILES string of the molecule is CC1(C)CC(Nc2nc(NCC(=O)O)nc(OC3CC(C)(C)N(O)C(C)(C)C3)n2)CC(C)(C)N1O. The van der Waals surface area contributed by atoms with Crippen molar-refractivity contribution in [2.75, 3.05) is 17.2 Å². The maximum absolute atomic E-state index is 11.1. The smallest absolute Gasteiger partial charge is 0.323 e. The number of anilines is 2. The molecule has 2 saturated heterocycles. The number of hydrogen-bond donors (Lipinski definition) is 5. The number of aliphatic carboxylic acids is 1. The highest BCUT2D eigenvalue weighted by atomic mass is 16.5. The number of piperidine rings is 2. The van der Waals surface area contributed by atoms with Crippen LogP contribution in [0.5, 0.6) is 6.01 Å². The Bertz CT molecular complexity index is 839. The van der Waals surface area contributed by atoms with E-state index in [-0.39, 0.29) is 36.6 Å². The highest BCUT2D eigenvalue weighted by molar-refractivity contribution is 5.71. The van der Waals surface area contributed by atoms with E-state index in [2.05, 4.69) is 25.6 Å². The molecule has 0 radical (unpaired) electrons. The molecular weight excluding hydrogens is 454 g/mol. The normalized spacial score (nSPS) is 24.6. The van der Waals surface area contributed by atoms with Crippen LogP contribution in [-0.4, -0.2) is 87.4 Å². The van der Waals surface area contributed by atoms with Gasteiger partial charge in [0.05, 0.1) is 0 Å². The number of carboxylic acid groups (broad SMARTS) is 1. The first-order valence-corrected chi connectivity index (χ1v) is 12.0. The van der Waals surface area contributed by atoms with Crippen molar-refractivity contribution >= 4 is 17.9 Å². The van der Waals surface area contributed by atoms with Crippen LogP contribution in [0.2, 0.25) is 0 Å². The van der Waals surface area contributed by atoms with E-state index in [0.29, 0.717) is 25.7 Å². The summed E-state index contributed by atoms with van der Waals surface area (Å²) in [6, 6.07) is 0.0398. The minimum absolute atomic E-state index is 0.0403. The summed E-state index contributed by atoms with van der Waals surface area (Å²) in [5.74, 6) is -0.680. The zero-order valence-electron chi connectivity index (χ0n) is 22.1. The highest BCUT2D eigenvalue weighted by Crippen LogP contribution is 2.39. The average molecular weight is 496 g/mol. The lowest BCUT2D eigenvalue weighted by Crippen LogP contribution is -2.61. The second-order valence-corrected chi connectivity index (χ2v) is 12.3. The minimum atomic E-state index is -1.04. The predicted molar refractivity (Wildman–Crippen MR) is 130 cm³/mol. The third-order valence-electron chi connectivity index (χ3n) is 6.86. The maximum Gasteiger partial charge on any atom is 0.323 e. The number of nitrogens with zero attached hydrogens (tertiary/aromatic N) is 5. The monoisotopic (exact) mass is 495 g/mol. The molecule has 2 fully saturated rings. The topological polar surface area (TPSA) is 156 Å². The van der Waals surface area contributed by atoms with E-state index in [9.17, 15) is 15.2 Å². The van der Waals surface area contributed by atoms with E-state index in [4.69, 9.17) is 9.84 Å². The fourth-order valence-electron chi connectivity index (χ4n) is 5.67. The fourth-order valence-corrected chi connectivity index (χ4v) is 5.67. The molecule has 0 spiro atoms. The summed E-state index contributed by atoms with van der Waals surface area (Å²) in [5.41, 5.74) is -1.96. The molecule has 12 nitrogen and oxygen atoms in total. The third kappa shape index (κ3) is 6.29. The second-order valence-electron chi connectivity index (χ2n) is 12.3. The Hall–Kier alpha value is -2.28. The van der Waals surface area contributed by atoms with Gasteiger partial charge in [-0.3, -0.25) is 4.79 Å². The van der Waals surface area contributed by atoms with Crippen molar-refractivity contribution in [3.05, 3.63) is 0 Å². The summed E-state index contributed by atoms with van der Waals surface area (Å²) in [4.78, 5) is 24.2. The van der Waals surface area contributed by atoms with Gasteiger partial charge in [-0.05, 0) is 68.2 Å². The molecule has 5 N–H and O–H groups in total. The predicted octanol–water partition coefficient (Wildman–Crippen LogP) is 2.98. The summed E-state index contributed by atoms with van der Waals surface area (Å²) in [6.45, 7) is 15.3. The molecule has 3 rings (SSSR count). The van der Waals surface area contributed by atoms with Gasteiger partial charge >= 0.3 is 12.0 Å². The van der Waals surface area contributed by atoms with Gasteiger partial charge < -0.3 is 30.9 Å². The molecule has 12 heteroatoms. The lowest BCUT2D eigenvalue weighted by atomic mass is 9.79. The zero-order chi connectivity index (χ0) is 26.4. The first-order valence-electron chi connectivity index (χ1n) is 12.0. The largest absolute Gasteiger partial charge is 0.480 e. The molecule has 0 bridgehead atoms. The van der Waals surface area contributed by atoms with Crippen molar-refractivity contribution in [3.8, 4) is 6.01 Å². The Balaban J connectivity index is 1.85. The number of rotatable bonds is 7. The Morgan fingerprint density at radius 2 is 1.31 bits per heavy atom. The third-order valence-corrected chi connectivity index (χ3v) is 6.86. The van der Waals surface area contributed by atoms with Crippen LogP contribution >= 0.6 is 0 Å². The number of aromatic nitrogens is 3. The molecule has 2 aliphatic heterocycles. The van der Waals surface area contributed by atoms with E-state index in [1.807, 2.05) is 55.4 Å². The van der Waals surface area contributed by atoms with Crippen LogP contribution < -0.4 is 15.4 Å². The van der Waals surface area contributed by atoms with Crippen LogP contribution in [0.1, 0.15) is 81.1 Å². The van der Waals surface area contributed by atoms with Crippen molar-refractivity contribution in [2.45, 2.75) is 115 Å². The van der Waals surface area contributed by atoms with Crippen LogP contribution in [0.3, 0.4) is 0 Å². The molecule has 35 heavy (non-hydrogen) atoms. The van der Waals surface area contributed by atoms with Crippen molar-refractivity contribution in [1.82, 2.24) is 25.1 Å². The molecule has 1 aromatic rings. The van der Waals surface area contributed by atoms with Crippen molar-refractivity contribution < 1.29 is 25.1 Å². The van der Waals surface area contributed by atoms with Gasteiger partial charge in [-0.25, -0.2) is 0 Å². The molecule has 0 atom stereocenters. The molecule has 198 valence electrons. The lowest BCUT2D eigenvalue weighted by molar-refractivity contribution is -0.255. The Labute approximate surface area is 207 Å². The number of carboxylic acids is 1. The van der Waals surface area contributed by atoms with Crippen molar-refractivity contribution in [1.29, 1.82) is 0 Å². The minimum Gasteiger partial charge on any atom is -0.480 e. The number of hydroxylamine groups is 4. The molecular formula is C23H41N7O5. The molecule has 2 aliphatic rings.